The highest BCUT2D eigenvalue weighted by molar-refractivity contribution is 7.08. The third-order valence-corrected chi connectivity index (χ3v) is 4.33. The van der Waals surface area contributed by atoms with Gasteiger partial charge in [0, 0.05) is 37.8 Å². The number of halogens is 3. The maximum atomic E-state index is 14.2. The molecule has 2 nitrogen and oxygen atoms in total. The number of thiophene rings is 1. The first kappa shape index (κ1) is 16.4. The fourth-order valence-electron chi connectivity index (χ4n) is 2.68. The van der Waals surface area contributed by atoms with Crippen molar-refractivity contribution in [3.05, 3.63) is 57.8 Å². The lowest BCUT2D eigenvalue weighted by atomic mass is 9.98. The molecule has 0 unspecified atom stereocenters. The third-order valence-electron chi connectivity index (χ3n) is 3.63. The smallest absolute Gasteiger partial charge is 0.131 e. The monoisotopic (exact) mass is 330 g/mol. The summed E-state index contributed by atoms with van der Waals surface area (Å²) in [4.78, 5) is 2.24. The average Bonchev–Trinajstić information content (AvgIpc) is 2.97. The highest BCUT2D eigenvalue weighted by atomic mass is 35.5. The second kappa shape index (κ2) is 7.31. The first-order chi connectivity index (χ1) is 9.75. The topological polar surface area (TPSA) is 15.3 Å². The Morgan fingerprint density at radius 1 is 1.14 bits per heavy atom. The quantitative estimate of drug-likeness (QED) is 0.927. The van der Waals surface area contributed by atoms with Gasteiger partial charge in [-0.25, -0.2) is 8.78 Å². The second-order valence-corrected chi connectivity index (χ2v) is 5.69. The van der Waals surface area contributed by atoms with Crippen LogP contribution in [0.5, 0.6) is 0 Å². The molecule has 2 heterocycles. The summed E-state index contributed by atoms with van der Waals surface area (Å²) in [6, 6.07) is 5.75. The first-order valence-corrected chi connectivity index (χ1v) is 7.62. The molecule has 114 valence electrons. The summed E-state index contributed by atoms with van der Waals surface area (Å²) in [7, 11) is 0. The minimum atomic E-state index is -0.532. The minimum Gasteiger partial charge on any atom is -0.314 e. The van der Waals surface area contributed by atoms with E-state index in [-0.39, 0.29) is 18.4 Å². The lowest BCUT2D eigenvalue weighted by molar-refractivity contribution is 0.195. The Morgan fingerprint density at radius 3 is 2.52 bits per heavy atom. The van der Waals surface area contributed by atoms with Crippen LogP contribution in [0, 0.1) is 11.6 Å². The van der Waals surface area contributed by atoms with Crippen LogP contribution in [-0.4, -0.2) is 31.1 Å². The summed E-state index contributed by atoms with van der Waals surface area (Å²) in [6.45, 7) is 3.50. The average molecular weight is 331 g/mol. The van der Waals surface area contributed by atoms with Crippen molar-refractivity contribution in [2.45, 2.75) is 6.04 Å². The van der Waals surface area contributed by atoms with Gasteiger partial charge in [0.25, 0.3) is 0 Å². The summed E-state index contributed by atoms with van der Waals surface area (Å²) >= 11 is 1.60. The normalized spacial score (nSPS) is 17.2. The van der Waals surface area contributed by atoms with Gasteiger partial charge < -0.3 is 5.32 Å². The van der Waals surface area contributed by atoms with E-state index in [1.165, 1.54) is 6.07 Å². The molecule has 0 saturated carbocycles. The van der Waals surface area contributed by atoms with Crippen LogP contribution < -0.4 is 5.32 Å². The predicted molar refractivity (Wildman–Crippen MR) is 84.2 cm³/mol. The lowest BCUT2D eigenvalue weighted by Crippen LogP contribution is -2.45. The molecule has 1 N–H and O–H groups in total. The van der Waals surface area contributed by atoms with Gasteiger partial charge in [0.2, 0.25) is 0 Å². The molecule has 1 saturated heterocycles. The van der Waals surface area contributed by atoms with Crippen LogP contribution >= 0.6 is 23.7 Å². The molecular formula is C15H17ClF2N2S. The van der Waals surface area contributed by atoms with Crippen LogP contribution in [-0.2, 0) is 0 Å². The van der Waals surface area contributed by atoms with Crippen molar-refractivity contribution < 1.29 is 8.78 Å². The zero-order valence-electron chi connectivity index (χ0n) is 11.4. The van der Waals surface area contributed by atoms with Gasteiger partial charge >= 0.3 is 0 Å². The molecule has 2 aromatic rings. The van der Waals surface area contributed by atoms with E-state index < -0.39 is 11.6 Å². The molecule has 0 spiro atoms. The number of rotatable bonds is 3. The predicted octanol–water partition coefficient (Wildman–Crippen LogP) is 3.44. The molecule has 1 aromatic carbocycles. The van der Waals surface area contributed by atoms with Gasteiger partial charge in [-0.1, -0.05) is 6.07 Å². The van der Waals surface area contributed by atoms with Gasteiger partial charge in [0.05, 0.1) is 6.04 Å². The lowest BCUT2D eigenvalue weighted by Gasteiger charge is -2.35. The van der Waals surface area contributed by atoms with Crippen molar-refractivity contribution in [3.63, 3.8) is 0 Å². The molecule has 1 fully saturated rings. The largest absolute Gasteiger partial charge is 0.314 e. The molecule has 0 amide bonds. The van der Waals surface area contributed by atoms with Crippen molar-refractivity contribution in [3.8, 4) is 0 Å². The summed E-state index contributed by atoms with van der Waals surface area (Å²) in [5.74, 6) is -1.00. The van der Waals surface area contributed by atoms with E-state index in [4.69, 9.17) is 0 Å². The highest BCUT2D eigenvalue weighted by Gasteiger charge is 2.26. The SMILES string of the molecule is Cl.Fc1ccc([C@H](c2ccsc2)N2CCNCC2)c(F)c1. The maximum absolute atomic E-state index is 14.2. The third kappa shape index (κ3) is 3.61. The Morgan fingerprint density at radius 2 is 1.90 bits per heavy atom. The second-order valence-electron chi connectivity index (χ2n) is 4.91. The Labute approximate surface area is 133 Å². The summed E-state index contributed by atoms with van der Waals surface area (Å²) in [5, 5.41) is 7.33. The van der Waals surface area contributed by atoms with Gasteiger partial charge in [-0.2, -0.15) is 11.3 Å². The van der Waals surface area contributed by atoms with Crippen molar-refractivity contribution in [1.29, 1.82) is 0 Å². The summed E-state index contributed by atoms with van der Waals surface area (Å²) in [6.07, 6.45) is 0. The Bertz CT molecular complexity index is 571. The number of piperazine rings is 1. The number of hydrogen-bond acceptors (Lipinski definition) is 3. The van der Waals surface area contributed by atoms with Crippen LogP contribution in [0.4, 0.5) is 8.78 Å². The van der Waals surface area contributed by atoms with E-state index in [1.807, 2.05) is 16.8 Å². The van der Waals surface area contributed by atoms with E-state index in [2.05, 4.69) is 10.2 Å². The van der Waals surface area contributed by atoms with Crippen LogP contribution in [0.3, 0.4) is 0 Å². The fourth-order valence-corrected chi connectivity index (χ4v) is 3.36. The van der Waals surface area contributed by atoms with Gasteiger partial charge in [0.15, 0.2) is 0 Å². The van der Waals surface area contributed by atoms with E-state index in [0.29, 0.717) is 5.56 Å². The molecule has 1 aliphatic rings. The number of nitrogens with zero attached hydrogens (tertiary/aromatic N) is 1. The van der Waals surface area contributed by atoms with Crippen LogP contribution in [0.2, 0.25) is 0 Å². The van der Waals surface area contributed by atoms with Gasteiger partial charge in [-0.3, -0.25) is 4.90 Å². The summed E-state index contributed by atoms with van der Waals surface area (Å²) < 4.78 is 27.3. The van der Waals surface area contributed by atoms with E-state index >= 15 is 0 Å². The van der Waals surface area contributed by atoms with E-state index in [1.54, 1.807) is 17.4 Å². The molecule has 3 rings (SSSR count). The standard InChI is InChI=1S/C15H16F2N2S.ClH/c16-12-1-2-13(14(17)9-12)15(11-3-8-20-10-11)19-6-4-18-5-7-19;/h1-3,8-10,15,18H,4-7H2;1H/t15-;/m0./s1. The maximum Gasteiger partial charge on any atom is 0.131 e. The molecule has 0 bridgehead atoms. The van der Waals surface area contributed by atoms with E-state index in [0.717, 1.165) is 37.8 Å². The molecule has 1 aromatic heterocycles. The first-order valence-electron chi connectivity index (χ1n) is 6.67. The zero-order chi connectivity index (χ0) is 13.9. The molecule has 1 aliphatic heterocycles. The Kier molecular flexibility index (Phi) is 5.70. The van der Waals surface area contributed by atoms with Crippen LogP contribution in [0.25, 0.3) is 0 Å². The molecule has 6 heteroatoms. The van der Waals surface area contributed by atoms with Gasteiger partial charge in [-0.15, -0.1) is 12.4 Å². The Hall–Kier alpha value is -1.01. The molecular weight excluding hydrogens is 314 g/mol. The van der Waals surface area contributed by atoms with Crippen molar-refractivity contribution in [2.75, 3.05) is 26.2 Å². The molecule has 1 atom stereocenters. The summed E-state index contributed by atoms with van der Waals surface area (Å²) in [5.41, 5.74) is 1.62. The highest BCUT2D eigenvalue weighted by Crippen LogP contribution is 2.32. The number of nitrogens with one attached hydrogen (secondary N) is 1. The molecule has 21 heavy (non-hydrogen) atoms. The number of benzene rings is 1. The van der Waals surface area contributed by atoms with Crippen molar-refractivity contribution in [1.82, 2.24) is 10.2 Å². The van der Waals surface area contributed by atoms with Gasteiger partial charge in [0.1, 0.15) is 11.6 Å². The number of hydrogen-bond donors (Lipinski definition) is 1. The van der Waals surface area contributed by atoms with Crippen LogP contribution in [0.1, 0.15) is 17.2 Å². The van der Waals surface area contributed by atoms with Crippen molar-refractivity contribution in [2.24, 2.45) is 0 Å². The Balaban J connectivity index is 0.00000161. The molecule has 0 aliphatic carbocycles. The molecule has 0 radical (unpaired) electrons. The minimum absolute atomic E-state index is 0. The van der Waals surface area contributed by atoms with Crippen molar-refractivity contribution >= 4 is 23.7 Å². The van der Waals surface area contributed by atoms with Gasteiger partial charge in [-0.05, 0) is 28.5 Å². The van der Waals surface area contributed by atoms with E-state index in [9.17, 15) is 8.78 Å². The fraction of sp³-hybridized carbons (Fsp3) is 0.333. The zero-order valence-corrected chi connectivity index (χ0v) is 13.0. The van der Waals surface area contributed by atoms with Crippen LogP contribution in [0.15, 0.2) is 35.0 Å².